The van der Waals surface area contributed by atoms with Crippen LogP contribution in [0.3, 0.4) is 0 Å². The fourth-order valence-electron chi connectivity index (χ4n) is 4.77. The number of fused-ring (bicyclic) bond motifs is 3. The number of carbonyl (C=O) groups excluding carboxylic acids is 2. The van der Waals surface area contributed by atoms with E-state index in [0.717, 1.165) is 16.7 Å². The van der Waals surface area contributed by atoms with Crippen LogP contribution in [-0.2, 0) is 17.8 Å². The molecule has 2 N–H and O–H groups in total. The van der Waals surface area contributed by atoms with Gasteiger partial charge in [0.2, 0.25) is 0 Å². The summed E-state index contributed by atoms with van der Waals surface area (Å²) < 4.78 is 4.90. The summed E-state index contributed by atoms with van der Waals surface area (Å²) >= 11 is 0. The van der Waals surface area contributed by atoms with Gasteiger partial charge in [0.05, 0.1) is 18.2 Å². The summed E-state index contributed by atoms with van der Waals surface area (Å²) in [5.74, 6) is -1.54. The van der Waals surface area contributed by atoms with Crippen LogP contribution < -0.4 is 4.90 Å². The number of amides is 1. The van der Waals surface area contributed by atoms with E-state index in [-0.39, 0.29) is 23.9 Å². The third-order valence-corrected chi connectivity index (χ3v) is 6.47. The molecule has 0 radical (unpaired) electrons. The Hall–Kier alpha value is -3.71. The molecule has 2 unspecified atom stereocenters. The monoisotopic (exact) mass is 430 g/mol. The van der Waals surface area contributed by atoms with Crippen molar-refractivity contribution in [3.05, 3.63) is 82.8 Å². The van der Waals surface area contributed by atoms with Gasteiger partial charge in [0.1, 0.15) is 12.0 Å². The molecule has 2 atom stereocenters. The Bertz CT molecular complexity index is 1230. The predicted molar refractivity (Wildman–Crippen MR) is 117 cm³/mol. The Kier molecular flexibility index (Phi) is 4.90. The Morgan fingerprint density at radius 3 is 2.50 bits per heavy atom. The van der Waals surface area contributed by atoms with Crippen molar-refractivity contribution in [2.45, 2.75) is 32.4 Å². The summed E-state index contributed by atoms with van der Waals surface area (Å²) in [5.41, 5.74) is 4.31. The summed E-state index contributed by atoms with van der Waals surface area (Å²) in [6, 6.07) is 13.5. The minimum atomic E-state index is -0.594. The SMILES string of the molecule is CCC1Cc2cc(ccc2CO)C(=O)C2=C(O)C(=O)N(c3ccc(-c4ccon4)cc3)C21. The molecule has 2 bridgehead atoms. The zero-order valence-electron chi connectivity index (χ0n) is 17.5. The third kappa shape index (κ3) is 3.05. The summed E-state index contributed by atoms with van der Waals surface area (Å²) in [5, 5.41) is 24.4. The van der Waals surface area contributed by atoms with Gasteiger partial charge in [0, 0.05) is 22.9 Å². The van der Waals surface area contributed by atoms with Crippen LogP contribution in [0.15, 0.2) is 70.6 Å². The molecule has 2 heterocycles. The number of ketones is 1. The molecule has 0 spiro atoms. The second-order valence-electron chi connectivity index (χ2n) is 8.16. The highest BCUT2D eigenvalue weighted by Gasteiger charge is 2.47. The van der Waals surface area contributed by atoms with Crippen LogP contribution in [0.5, 0.6) is 0 Å². The second-order valence-corrected chi connectivity index (χ2v) is 8.16. The van der Waals surface area contributed by atoms with E-state index < -0.39 is 17.7 Å². The van der Waals surface area contributed by atoms with Crippen LogP contribution in [0.25, 0.3) is 11.3 Å². The highest BCUT2D eigenvalue weighted by molar-refractivity contribution is 6.21. The molecule has 1 aliphatic carbocycles. The number of rotatable bonds is 4. The van der Waals surface area contributed by atoms with Crippen molar-refractivity contribution < 1.29 is 24.3 Å². The average Bonchev–Trinajstić information content (AvgIpc) is 3.44. The first-order chi connectivity index (χ1) is 15.5. The zero-order valence-corrected chi connectivity index (χ0v) is 17.5. The largest absolute Gasteiger partial charge is 0.503 e. The molecule has 7 heteroatoms. The number of nitrogens with zero attached hydrogens (tertiary/aromatic N) is 2. The van der Waals surface area contributed by atoms with Crippen LogP contribution in [0.2, 0.25) is 0 Å². The third-order valence-electron chi connectivity index (χ3n) is 6.47. The van der Waals surface area contributed by atoms with Gasteiger partial charge in [-0.3, -0.25) is 14.5 Å². The van der Waals surface area contributed by atoms with Crippen molar-refractivity contribution in [1.82, 2.24) is 5.16 Å². The van der Waals surface area contributed by atoms with Gasteiger partial charge >= 0.3 is 0 Å². The number of hydrogen-bond acceptors (Lipinski definition) is 6. The van der Waals surface area contributed by atoms with E-state index in [4.69, 9.17) is 4.52 Å². The van der Waals surface area contributed by atoms with Gasteiger partial charge in [-0.2, -0.15) is 0 Å². The first kappa shape index (κ1) is 20.2. The van der Waals surface area contributed by atoms with E-state index in [9.17, 15) is 19.8 Å². The van der Waals surface area contributed by atoms with Gasteiger partial charge < -0.3 is 14.7 Å². The van der Waals surface area contributed by atoms with Gasteiger partial charge in [-0.1, -0.05) is 42.8 Å². The summed E-state index contributed by atoms with van der Waals surface area (Å²) in [7, 11) is 0. The summed E-state index contributed by atoms with van der Waals surface area (Å²) in [6.45, 7) is 1.88. The average molecular weight is 430 g/mol. The molecule has 1 aromatic heterocycles. The maximum Gasteiger partial charge on any atom is 0.294 e. The highest BCUT2D eigenvalue weighted by atomic mass is 16.5. The molecule has 5 rings (SSSR count). The molecule has 1 amide bonds. The Morgan fingerprint density at radius 1 is 1.09 bits per heavy atom. The minimum Gasteiger partial charge on any atom is -0.503 e. The van der Waals surface area contributed by atoms with E-state index in [1.165, 1.54) is 11.2 Å². The zero-order chi connectivity index (χ0) is 22.4. The molecule has 2 aromatic carbocycles. The number of hydrogen-bond donors (Lipinski definition) is 2. The smallest absolute Gasteiger partial charge is 0.294 e. The fourth-order valence-corrected chi connectivity index (χ4v) is 4.77. The minimum absolute atomic E-state index is 0.112. The first-order valence-corrected chi connectivity index (χ1v) is 10.6. The normalized spacial score (nSPS) is 20.4. The second kappa shape index (κ2) is 7.76. The standard InChI is InChI=1S/C25H22N2O5/c1-2-14-11-18-12-16(3-4-17(18)13-28)23(29)21-22(14)27(25(31)24(21)30)19-7-5-15(6-8-19)20-9-10-32-26-20/h3-10,12,14,22,28,30H,2,11,13H2,1H3. The van der Waals surface area contributed by atoms with Crippen molar-refractivity contribution in [1.29, 1.82) is 0 Å². The van der Waals surface area contributed by atoms with Crippen molar-refractivity contribution in [3.8, 4) is 11.3 Å². The van der Waals surface area contributed by atoms with Crippen LogP contribution in [0.1, 0.15) is 34.8 Å². The highest BCUT2D eigenvalue weighted by Crippen LogP contribution is 2.40. The lowest BCUT2D eigenvalue weighted by molar-refractivity contribution is -0.117. The Balaban J connectivity index is 1.60. The molecule has 0 saturated carbocycles. The van der Waals surface area contributed by atoms with Crippen LogP contribution >= 0.6 is 0 Å². The van der Waals surface area contributed by atoms with Crippen molar-refractivity contribution in [3.63, 3.8) is 0 Å². The van der Waals surface area contributed by atoms with Gasteiger partial charge in [0.15, 0.2) is 11.5 Å². The molecule has 1 aliphatic heterocycles. The predicted octanol–water partition coefficient (Wildman–Crippen LogP) is 3.83. The molecule has 0 fully saturated rings. The van der Waals surface area contributed by atoms with E-state index >= 15 is 0 Å². The summed E-state index contributed by atoms with van der Waals surface area (Å²) in [4.78, 5) is 28.1. The molecule has 2 aliphatic rings. The number of aliphatic hydroxyl groups excluding tert-OH is 2. The van der Waals surface area contributed by atoms with Crippen LogP contribution in [-0.4, -0.2) is 33.1 Å². The lowest BCUT2D eigenvalue weighted by Crippen LogP contribution is -2.43. The van der Waals surface area contributed by atoms with Gasteiger partial charge in [-0.15, -0.1) is 0 Å². The van der Waals surface area contributed by atoms with Gasteiger partial charge in [0.25, 0.3) is 5.91 Å². The van der Waals surface area contributed by atoms with Crippen molar-refractivity contribution >= 4 is 17.4 Å². The van der Waals surface area contributed by atoms with Crippen molar-refractivity contribution in [2.75, 3.05) is 4.90 Å². The Labute approximate surface area is 184 Å². The summed E-state index contributed by atoms with van der Waals surface area (Å²) in [6.07, 6.45) is 2.75. The van der Waals surface area contributed by atoms with Gasteiger partial charge in [-0.05, 0) is 41.7 Å². The number of carbonyl (C=O) groups is 2. The molecule has 7 nitrogen and oxygen atoms in total. The quantitative estimate of drug-likeness (QED) is 0.652. The number of aromatic nitrogens is 1. The maximum atomic E-state index is 13.4. The molecule has 32 heavy (non-hydrogen) atoms. The van der Waals surface area contributed by atoms with E-state index in [2.05, 4.69) is 5.16 Å². The first-order valence-electron chi connectivity index (χ1n) is 10.6. The fraction of sp³-hybridized carbons (Fsp3) is 0.240. The van der Waals surface area contributed by atoms with Crippen LogP contribution in [0.4, 0.5) is 5.69 Å². The van der Waals surface area contributed by atoms with E-state index in [0.29, 0.717) is 29.8 Å². The van der Waals surface area contributed by atoms with Gasteiger partial charge in [-0.25, -0.2) is 0 Å². The Morgan fingerprint density at radius 2 is 1.84 bits per heavy atom. The molecule has 162 valence electrons. The maximum absolute atomic E-state index is 13.4. The number of benzene rings is 2. The number of aliphatic hydroxyl groups is 2. The van der Waals surface area contributed by atoms with E-state index in [1.54, 1.807) is 36.4 Å². The topological polar surface area (TPSA) is 104 Å². The van der Waals surface area contributed by atoms with Crippen LogP contribution in [0, 0.1) is 5.92 Å². The molecular weight excluding hydrogens is 408 g/mol. The molecule has 3 aromatic rings. The molecule has 0 saturated heterocycles. The lowest BCUT2D eigenvalue weighted by Gasteiger charge is -2.34. The molecular formula is C25H22N2O5. The number of Topliss-reactive ketones (excluding diaryl/α,β-unsaturated/α-hetero) is 1. The van der Waals surface area contributed by atoms with E-state index in [1.807, 2.05) is 19.1 Å². The lowest BCUT2D eigenvalue weighted by atomic mass is 9.79. The number of anilines is 1. The van der Waals surface area contributed by atoms with Crippen molar-refractivity contribution in [2.24, 2.45) is 5.92 Å².